The number of carbonyl (C=O) groups is 1. The number of ether oxygens (including phenoxy) is 1. The molecule has 1 heterocycles. The maximum atomic E-state index is 13.2. The quantitative estimate of drug-likeness (QED) is 0.312. The van der Waals surface area contributed by atoms with Gasteiger partial charge in [0.1, 0.15) is 5.75 Å². The number of fused-ring (bicyclic) bond motifs is 1. The SMILES string of the molecule is COc1cccc(NC(=O)CSc2nc3ccccc3c(=O)n2Cc2ccccc2Cl)c1. The smallest absolute Gasteiger partial charge is 0.262 e. The largest absolute Gasteiger partial charge is 0.497 e. The van der Waals surface area contributed by atoms with Gasteiger partial charge in [-0.3, -0.25) is 14.2 Å². The number of amides is 1. The minimum atomic E-state index is -0.213. The summed E-state index contributed by atoms with van der Waals surface area (Å²) in [5.41, 5.74) is 1.85. The van der Waals surface area contributed by atoms with Gasteiger partial charge in [0.25, 0.3) is 5.56 Å². The lowest BCUT2D eigenvalue weighted by atomic mass is 10.2. The molecule has 0 saturated heterocycles. The third-order valence-corrected chi connectivity index (χ3v) is 6.14. The molecule has 0 radical (unpaired) electrons. The number of carbonyl (C=O) groups excluding carboxylic acids is 1. The van der Waals surface area contributed by atoms with Crippen LogP contribution in [0.1, 0.15) is 5.56 Å². The lowest BCUT2D eigenvalue weighted by Crippen LogP contribution is -2.25. The number of anilines is 1. The molecule has 0 atom stereocenters. The minimum absolute atomic E-state index is 0.0878. The number of hydrogen-bond acceptors (Lipinski definition) is 5. The zero-order valence-corrected chi connectivity index (χ0v) is 18.8. The van der Waals surface area contributed by atoms with Gasteiger partial charge in [-0.1, -0.05) is 59.8 Å². The van der Waals surface area contributed by atoms with E-state index >= 15 is 0 Å². The Morgan fingerprint density at radius 3 is 2.69 bits per heavy atom. The molecule has 0 bridgehead atoms. The van der Waals surface area contributed by atoms with Crippen molar-refractivity contribution in [3.8, 4) is 5.75 Å². The molecule has 0 aliphatic carbocycles. The monoisotopic (exact) mass is 465 g/mol. The molecule has 6 nitrogen and oxygen atoms in total. The predicted octanol–water partition coefficient (Wildman–Crippen LogP) is 4.84. The second kappa shape index (κ2) is 9.89. The van der Waals surface area contributed by atoms with Crippen molar-refractivity contribution in [2.45, 2.75) is 11.7 Å². The second-order valence-corrected chi connectivity index (χ2v) is 8.31. The Hall–Kier alpha value is -3.29. The molecular weight excluding hydrogens is 446 g/mol. The van der Waals surface area contributed by atoms with Gasteiger partial charge in [0.15, 0.2) is 5.16 Å². The molecular formula is C24H20ClN3O3S. The van der Waals surface area contributed by atoms with Gasteiger partial charge < -0.3 is 10.1 Å². The molecule has 0 fully saturated rings. The third kappa shape index (κ3) is 4.95. The maximum absolute atomic E-state index is 13.2. The zero-order chi connectivity index (χ0) is 22.5. The number of para-hydroxylation sites is 1. The predicted molar refractivity (Wildman–Crippen MR) is 129 cm³/mol. The molecule has 8 heteroatoms. The minimum Gasteiger partial charge on any atom is -0.497 e. The fourth-order valence-electron chi connectivity index (χ4n) is 3.22. The molecule has 1 N–H and O–H groups in total. The van der Waals surface area contributed by atoms with Crippen molar-refractivity contribution < 1.29 is 9.53 Å². The summed E-state index contributed by atoms with van der Waals surface area (Å²) in [5.74, 6) is 0.528. The summed E-state index contributed by atoms with van der Waals surface area (Å²) in [7, 11) is 1.57. The van der Waals surface area contributed by atoms with Gasteiger partial charge in [0, 0.05) is 16.8 Å². The number of hydrogen-bond donors (Lipinski definition) is 1. The Kier molecular flexibility index (Phi) is 6.78. The molecule has 1 aromatic heterocycles. The lowest BCUT2D eigenvalue weighted by Gasteiger charge is -2.14. The van der Waals surface area contributed by atoms with E-state index in [1.807, 2.05) is 24.3 Å². The first-order valence-corrected chi connectivity index (χ1v) is 11.2. The van der Waals surface area contributed by atoms with Crippen molar-refractivity contribution in [2.75, 3.05) is 18.2 Å². The van der Waals surface area contributed by atoms with E-state index in [-0.39, 0.29) is 23.8 Å². The number of halogens is 1. The van der Waals surface area contributed by atoms with Crippen LogP contribution in [0.5, 0.6) is 5.75 Å². The van der Waals surface area contributed by atoms with Crippen LogP contribution in [0.2, 0.25) is 5.02 Å². The van der Waals surface area contributed by atoms with Gasteiger partial charge in [-0.15, -0.1) is 0 Å². The Labute approximate surface area is 194 Å². The molecule has 0 aliphatic heterocycles. The van der Waals surface area contributed by atoms with E-state index in [1.54, 1.807) is 60.2 Å². The molecule has 3 aromatic carbocycles. The van der Waals surface area contributed by atoms with Gasteiger partial charge in [-0.05, 0) is 35.9 Å². The number of methoxy groups -OCH3 is 1. The molecule has 32 heavy (non-hydrogen) atoms. The van der Waals surface area contributed by atoms with Crippen LogP contribution in [0.25, 0.3) is 10.9 Å². The highest BCUT2D eigenvalue weighted by Gasteiger charge is 2.15. The van der Waals surface area contributed by atoms with E-state index in [0.717, 1.165) is 5.56 Å². The molecule has 162 valence electrons. The highest BCUT2D eigenvalue weighted by Crippen LogP contribution is 2.22. The number of rotatable bonds is 7. The van der Waals surface area contributed by atoms with E-state index in [4.69, 9.17) is 16.3 Å². The summed E-state index contributed by atoms with van der Waals surface area (Å²) < 4.78 is 6.75. The lowest BCUT2D eigenvalue weighted by molar-refractivity contribution is -0.113. The molecule has 0 saturated carbocycles. The third-order valence-electron chi connectivity index (χ3n) is 4.80. The maximum Gasteiger partial charge on any atom is 0.262 e. The topological polar surface area (TPSA) is 73.2 Å². The van der Waals surface area contributed by atoms with Crippen LogP contribution in [0.4, 0.5) is 5.69 Å². The molecule has 0 unspecified atom stereocenters. The average Bonchev–Trinajstić information content (AvgIpc) is 2.81. The standard InChI is InChI=1S/C24H20ClN3O3S/c1-31-18-9-6-8-17(13-18)26-22(29)15-32-24-27-21-12-5-3-10-19(21)23(30)28(24)14-16-7-2-4-11-20(16)25/h2-13H,14-15H2,1H3,(H,26,29). The van der Waals surface area contributed by atoms with Crippen molar-refractivity contribution >= 4 is 45.9 Å². The van der Waals surface area contributed by atoms with E-state index in [2.05, 4.69) is 10.3 Å². The van der Waals surface area contributed by atoms with E-state index < -0.39 is 0 Å². The van der Waals surface area contributed by atoms with Gasteiger partial charge in [0.2, 0.25) is 5.91 Å². The van der Waals surface area contributed by atoms with Crippen LogP contribution < -0.4 is 15.6 Å². The Morgan fingerprint density at radius 1 is 1.09 bits per heavy atom. The molecule has 0 spiro atoms. The van der Waals surface area contributed by atoms with Crippen molar-refractivity contribution in [3.05, 3.63) is 93.7 Å². The van der Waals surface area contributed by atoms with Crippen molar-refractivity contribution in [1.29, 1.82) is 0 Å². The molecule has 0 aliphatic rings. The highest BCUT2D eigenvalue weighted by atomic mass is 35.5. The first-order chi connectivity index (χ1) is 15.5. The normalized spacial score (nSPS) is 10.8. The number of aromatic nitrogens is 2. The Morgan fingerprint density at radius 2 is 1.88 bits per heavy atom. The second-order valence-electron chi connectivity index (χ2n) is 6.96. The summed E-state index contributed by atoms with van der Waals surface area (Å²) in [6.45, 7) is 0.260. The van der Waals surface area contributed by atoms with Crippen LogP contribution in [0, 0.1) is 0 Å². The van der Waals surface area contributed by atoms with Gasteiger partial charge >= 0.3 is 0 Å². The summed E-state index contributed by atoms with van der Waals surface area (Å²) in [6.07, 6.45) is 0. The number of nitrogens with one attached hydrogen (secondary N) is 1. The van der Waals surface area contributed by atoms with E-state index in [9.17, 15) is 9.59 Å². The van der Waals surface area contributed by atoms with Gasteiger partial charge in [-0.25, -0.2) is 4.98 Å². The Balaban J connectivity index is 1.61. The van der Waals surface area contributed by atoms with Crippen molar-refractivity contribution in [2.24, 2.45) is 0 Å². The highest BCUT2D eigenvalue weighted by molar-refractivity contribution is 7.99. The van der Waals surface area contributed by atoms with Gasteiger partial charge in [0.05, 0.1) is 30.3 Å². The van der Waals surface area contributed by atoms with E-state index in [0.29, 0.717) is 32.5 Å². The number of nitrogens with zero attached hydrogens (tertiary/aromatic N) is 2. The molecule has 4 aromatic rings. The molecule has 1 amide bonds. The van der Waals surface area contributed by atoms with E-state index in [1.165, 1.54) is 11.8 Å². The Bertz CT molecular complexity index is 1340. The number of thioether (sulfide) groups is 1. The molecule has 4 rings (SSSR count). The average molecular weight is 466 g/mol. The van der Waals surface area contributed by atoms with Crippen LogP contribution in [0.15, 0.2) is 82.7 Å². The zero-order valence-electron chi connectivity index (χ0n) is 17.2. The first kappa shape index (κ1) is 21.9. The fourth-order valence-corrected chi connectivity index (χ4v) is 4.22. The number of benzene rings is 3. The van der Waals surface area contributed by atoms with Crippen LogP contribution in [0.3, 0.4) is 0 Å². The fraction of sp³-hybridized carbons (Fsp3) is 0.125. The van der Waals surface area contributed by atoms with Crippen molar-refractivity contribution in [3.63, 3.8) is 0 Å². The summed E-state index contributed by atoms with van der Waals surface area (Å²) in [5, 5.41) is 4.38. The summed E-state index contributed by atoms with van der Waals surface area (Å²) in [4.78, 5) is 30.4. The van der Waals surface area contributed by atoms with Crippen LogP contribution >= 0.6 is 23.4 Å². The van der Waals surface area contributed by atoms with Crippen LogP contribution in [-0.2, 0) is 11.3 Å². The van der Waals surface area contributed by atoms with Crippen molar-refractivity contribution in [1.82, 2.24) is 9.55 Å². The summed E-state index contributed by atoms with van der Waals surface area (Å²) in [6, 6.07) is 21.7. The van der Waals surface area contributed by atoms with Gasteiger partial charge in [-0.2, -0.15) is 0 Å². The van der Waals surface area contributed by atoms with Crippen LogP contribution in [-0.4, -0.2) is 28.3 Å². The first-order valence-electron chi connectivity index (χ1n) is 9.85. The summed E-state index contributed by atoms with van der Waals surface area (Å²) >= 11 is 7.53.